The molecule has 1 aromatic heterocycles. The maximum atomic E-state index is 12.5. The van der Waals surface area contributed by atoms with Crippen LogP contribution in [0.3, 0.4) is 0 Å². The predicted molar refractivity (Wildman–Crippen MR) is 82.3 cm³/mol. The number of hydrogen-bond donors (Lipinski definition) is 2. The fourth-order valence-electron chi connectivity index (χ4n) is 1.46. The highest BCUT2D eigenvalue weighted by Crippen LogP contribution is 2.23. The fourth-order valence-corrected chi connectivity index (χ4v) is 3.04. The molecule has 0 radical (unpaired) electrons. The average Bonchev–Trinajstić information content (AvgIpc) is 2.35. The quantitative estimate of drug-likeness (QED) is 0.847. The molecule has 1 aromatic rings. The van der Waals surface area contributed by atoms with E-state index in [1.165, 1.54) is 0 Å². The van der Waals surface area contributed by atoms with Crippen molar-refractivity contribution in [2.45, 2.75) is 52.0 Å². The van der Waals surface area contributed by atoms with Gasteiger partial charge in [0.05, 0.1) is 0 Å². The third-order valence-corrected chi connectivity index (χ3v) is 4.81. The maximum Gasteiger partial charge on any atom is 0.244 e. The molecule has 1 unspecified atom stereocenters. The Balaban J connectivity index is 3.04. The van der Waals surface area contributed by atoms with E-state index < -0.39 is 10.0 Å². The van der Waals surface area contributed by atoms with E-state index in [4.69, 9.17) is 0 Å². The lowest BCUT2D eigenvalue weighted by molar-refractivity contribution is 0.317. The molecule has 0 bridgehead atoms. The first-order valence-electron chi connectivity index (χ1n) is 6.89. The second-order valence-electron chi connectivity index (χ2n) is 5.99. The van der Waals surface area contributed by atoms with Crippen molar-refractivity contribution in [2.24, 2.45) is 5.41 Å². The summed E-state index contributed by atoms with van der Waals surface area (Å²) in [5, 5.41) is 3.05. The molecule has 1 rings (SSSR count). The standard InChI is InChI=1S/C14H25N3O2S/c1-6-9-15-13-12(8-7-10-16-13)20(18,19)17-11(2)14(3,4)5/h7-8,10-11,17H,6,9H2,1-5H3,(H,15,16). The second kappa shape index (κ2) is 6.54. The molecule has 1 heterocycles. The van der Waals surface area contributed by atoms with Crippen LogP contribution in [-0.4, -0.2) is 26.0 Å². The zero-order valence-electron chi connectivity index (χ0n) is 12.9. The van der Waals surface area contributed by atoms with E-state index in [0.717, 1.165) is 6.42 Å². The summed E-state index contributed by atoms with van der Waals surface area (Å²) in [4.78, 5) is 4.32. The summed E-state index contributed by atoms with van der Waals surface area (Å²) >= 11 is 0. The van der Waals surface area contributed by atoms with Gasteiger partial charge in [0.2, 0.25) is 10.0 Å². The van der Waals surface area contributed by atoms with Crippen molar-refractivity contribution in [3.63, 3.8) is 0 Å². The first-order chi connectivity index (χ1) is 9.18. The summed E-state index contributed by atoms with van der Waals surface area (Å²) in [6.07, 6.45) is 2.49. The minimum atomic E-state index is -3.58. The zero-order chi connectivity index (χ0) is 15.4. The Morgan fingerprint density at radius 3 is 2.55 bits per heavy atom. The molecule has 5 nitrogen and oxygen atoms in total. The molecular weight excluding hydrogens is 274 g/mol. The Kier molecular flexibility index (Phi) is 5.53. The van der Waals surface area contributed by atoms with Gasteiger partial charge in [-0.2, -0.15) is 0 Å². The fraction of sp³-hybridized carbons (Fsp3) is 0.643. The number of anilines is 1. The highest BCUT2D eigenvalue weighted by molar-refractivity contribution is 7.89. The highest BCUT2D eigenvalue weighted by Gasteiger charge is 2.27. The van der Waals surface area contributed by atoms with Crippen LogP contribution in [0, 0.1) is 5.41 Å². The number of hydrogen-bond acceptors (Lipinski definition) is 4. The molecule has 0 spiro atoms. The number of pyridine rings is 1. The summed E-state index contributed by atoms with van der Waals surface area (Å²) in [6.45, 7) is 10.6. The van der Waals surface area contributed by atoms with Gasteiger partial charge in [-0.1, -0.05) is 27.7 Å². The van der Waals surface area contributed by atoms with Crippen LogP contribution >= 0.6 is 0 Å². The van der Waals surface area contributed by atoms with Crippen molar-refractivity contribution >= 4 is 15.8 Å². The lowest BCUT2D eigenvalue weighted by atomic mass is 9.89. The minimum Gasteiger partial charge on any atom is -0.369 e. The summed E-state index contributed by atoms with van der Waals surface area (Å²) in [7, 11) is -3.58. The Hall–Kier alpha value is -1.14. The number of sulfonamides is 1. The van der Waals surface area contributed by atoms with Crippen LogP contribution in [0.25, 0.3) is 0 Å². The molecular formula is C14H25N3O2S. The highest BCUT2D eigenvalue weighted by atomic mass is 32.2. The Bertz CT molecular complexity index is 536. The molecule has 114 valence electrons. The van der Waals surface area contributed by atoms with Crippen molar-refractivity contribution < 1.29 is 8.42 Å². The molecule has 6 heteroatoms. The minimum absolute atomic E-state index is 0.147. The van der Waals surface area contributed by atoms with E-state index in [9.17, 15) is 8.42 Å². The van der Waals surface area contributed by atoms with E-state index in [-0.39, 0.29) is 16.4 Å². The Morgan fingerprint density at radius 1 is 1.35 bits per heavy atom. The zero-order valence-corrected chi connectivity index (χ0v) is 13.7. The first kappa shape index (κ1) is 16.9. The lowest BCUT2D eigenvalue weighted by Crippen LogP contribution is -2.41. The molecule has 2 N–H and O–H groups in total. The van der Waals surface area contributed by atoms with Gasteiger partial charge >= 0.3 is 0 Å². The molecule has 0 saturated heterocycles. The monoisotopic (exact) mass is 299 g/mol. The van der Waals surface area contributed by atoms with E-state index in [2.05, 4.69) is 15.0 Å². The van der Waals surface area contributed by atoms with Gasteiger partial charge < -0.3 is 5.32 Å². The molecule has 0 amide bonds. The van der Waals surface area contributed by atoms with Gasteiger partial charge in [0.1, 0.15) is 10.7 Å². The summed E-state index contributed by atoms with van der Waals surface area (Å²) in [5.41, 5.74) is -0.147. The van der Waals surface area contributed by atoms with Gasteiger partial charge in [0.15, 0.2) is 0 Å². The maximum absolute atomic E-state index is 12.5. The lowest BCUT2D eigenvalue weighted by Gasteiger charge is -2.28. The van der Waals surface area contributed by atoms with Gasteiger partial charge in [-0.3, -0.25) is 0 Å². The number of aromatic nitrogens is 1. The number of nitrogens with one attached hydrogen (secondary N) is 2. The van der Waals surface area contributed by atoms with Gasteiger partial charge in [0.25, 0.3) is 0 Å². The predicted octanol–water partition coefficient (Wildman–Crippen LogP) is 2.62. The molecule has 20 heavy (non-hydrogen) atoms. The SMILES string of the molecule is CCCNc1ncccc1S(=O)(=O)NC(C)C(C)(C)C. The number of rotatable bonds is 6. The molecule has 0 aliphatic heterocycles. The van der Waals surface area contributed by atoms with Crippen molar-refractivity contribution in [1.29, 1.82) is 0 Å². The van der Waals surface area contributed by atoms with Crippen LogP contribution in [-0.2, 0) is 10.0 Å². The van der Waals surface area contributed by atoms with Crippen LogP contribution in [0.4, 0.5) is 5.82 Å². The molecule has 1 atom stereocenters. The smallest absolute Gasteiger partial charge is 0.244 e. The Morgan fingerprint density at radius 2 is 2.00 bits per heavy atom. The Labute approximate surface area is 122 Å². The normalized spacial score (nSPS) is 14.1. The molecule has 0 aliphatic carbocycles. The van der Waals surface area contributed by atoms with Crippen molar-refractivity contribution in [3.05, 3.63) is 18.3 Å². The molecule has 0 aliphatic rings. The first-order valence-corrected chi connectivity index (χ1v) is 8.38. The van der Waals surface area contributed by atoms with Crippen molar-refractivity contribution in [3.8, 4) is 0 Å². The van der Waals surface area contributed by atoms with Crippen LogP contribution in [0.5, 0.6) is 0 Å². The second-order valence-corrected chi connectivity index (χ2v) is 7.67. The van der Waals surface area contributed by atoms with E-state index in [1.807, 2.05) is 34.6 Å². The van der Waals surface area contributed by atoms with Gasteiger partial charge in [0, 0.05) is 18.8 Å². The van der Waals surface area contributed by atoms with Crippen molar-refractivity contribution in [1.82, 2.24) is 9.71 Å². The van der Waals surface area contributed by atoms with Gasteiger partial charge in [-0.15, -0.1) is 0 Å². The average molecular weight is 299 g/mol. The van der Waals surface area contributed by atoms with E-state index in [0.29, 0.717) is 12.4 Å². The van der Waals surface area contributed by atoms with Crippen LogP contribution in [0.15, 0.2) is 23.2 Å². The molecule has 0 saturated carbocycles. The summed E-state index contributed by atoms with van der Waals surface area (Å²) in [5.74, 6) is 0.406. The molecule has 0 aromatic carbocycles. The largest absolute Gasteiger partial charge is 0.369 e. The summed E-state index contributed by atoms with van der Waals surface area (Å²) < 4.78 is 27.7. The van der Waals surface area contributed by atoms with Crippen LogP contribution in [0.1, 0.15) is 41.0 Å². The van der Waals surface area contributed by atoms with E-state index >= 15 is 0 Å². The van der Waals surface area contributed by atoms with Crippen molar-refractivity contribution in [2.75, 3.05) is 11.9 Å². The van der Waals surface area contributed by atoms with Crippen LogP contribution in [0.2, 0.25) is 0 Å². The summed E-state index contributed by atoms with van der Waals surface area (Å²) in [6, 6.07) is 3.03. The van der Waals surface area contributed by atoms with Gasteiger partial charge in [-0.25, -0.2) is 18.1 Å². The van der Waals surface area contributed by atoms with Gasteiger partial charge in [-0.05, 0) is 30.9 Å². The third kappa shape index (κ3) is 4.45. The van der Waals surface area contributed by atoms with E-state index in [1.54, 1.807) is 18.3 Å². The topological polar surface area (TPSA) is 71.1 Å². The number of nitrogens with zero attached hydrogens (tertiary/aromatic N) is 1. The third-order valence-electron chi connectivity index (χ3n) is 3.23. The van der Waals surface area contributed by atoms with Crippen LogP contribution < -0.4 is 10.0 Å². The molecule has 0 fully saturated rings.